The first-order chi connectivity index (χ1) is 12.3. The van der Waals surface area contributed by atoms with Gasteiger partial charge in [-0.3, -0.25) is 4.79 Å². The minimum Gasteiger partial charge on any atom is -0.367 e. The van der Waals surface area contributed by atoms with Crippen molar-refractivity contribution < 1.29 is 4.79 Å². The van der Waals surface area contributed by atoms with Gasteiger partial charge in [0.2, 0.25) is 0 Å². The molecule has 2 aromatic carbocycles. The Morgan fingerprint density at radius 2 is 1.77 bits per heavy atom. The van der Waals surface area contributed by atoms with Crippen molar-refractivity contribution in [2.24, 2.45) is 4.99 Å². The van der Waals surface area contributed by atoms with Gasteiger partial charge in [0.05, 0.1) is 18.6 Å². The molecule has 0 saturated heterocycles. The summed E-state index contributed by atoms with van der Waals surface area (Å²) in [4.78, 5) is 21.2. The summed E-state index contributed by atoms with van der Waals surface area (Å²) in [5.41, 5.74) is 4.53. The highest BCUT2D eigenvalue weighted by atomic mass is 35.5. The zero-order valence-electron chi connectivity index (χ0n) is 16.1. The van der Waals surface area contributed by atoms with E-state index >= 15 is 0 Å². The largest absolute Gasteiger partial charge is 0.367 e. The van der Waals surface area contributed by atoms with Crippen molar-refractivity contribution in [1.29, 1.82) is 0 Å². The highest BCUT2D eigenvalue weighted by molar-refractivity contribution is 6.30. The molecule has 0 spiro atoms. The smallest absolute Gasteiger partial charge is 0.182 e. The van der Waals surface area contributed by atoms with E-state index in [0.29, 0.717) is 11.6 Å². The van der Waals surface area contributed by atoms with Crippen molar-refractivity contribution in [3.05, 3.63) is 58.1 Å². The van der Waals surface area contributed by atoms with E-state index in [1.807, 2.05) is 80.5 Å². The van der Waals surface area contributed by atoms with Crippen LogP contribution in [0.3, 0.4) is 0 Å². The molecule has 0 atom stereocenters. The van der Waals surface area contributed by atoms with Crippen molar-refractivity contribution in [1.82, 2.24) is 4.90 Å². The number of benzene rings is 2. The average Bonchev–Trinajstić information content (AvgIpc) is 2.62. The summed E-state index contributed by atoms with van der Waals surface area (Å²) in [5, 5.41) is 0.685. The van der Waals surface area contributed by atoms with Gasteiger partial charge in [0.1, 0.15) is 0 Å². The van der Waals surface area contributed by atoms with E-state index in [0.717, 1.165) is 34.6 Å². The van der Waals surface area contributed by atoms with Crippen LogP contribution in [0, 0.1) is 13.8 Å². The van der Waals surface area contributed by atoms with Crippen molar-refractivity contribution >= 4 is 35.1 Å². The monoisotopic (exact) mass is 371 g/mol. The third kappa shape index (κ3) is 5.09. The predicted octanol–water partition coefficient (Wildman–Crippen LogP) is 4.89. The average molecular weight is 372 g/mol. The van der Waals surface area contributed by atoms with Crippen LogP contribution < -0.4 is 4.90 Å². The molecule has 2 aromatic rings. The van der Waals surface area contributed by atoms with Crippen LogP contribution in [0.5, 0.6) is 0 Å². The molecule has 0 aliphatic carbocycles. The Kier molecular flexibility index (Phi) is 6.81. The molecule has 0 radical (unpaired) electrons. The number of carbonyl (C=O) groups is 1. The van der Waals surface area contributed by atoms with E-state index in [2.05, 4.69) is 11.9 Å². The molecular weight excluding hydrogens is 346 g/mol. The Bertz CT molecular complexity index is 800. The summed E-state index contributed by atoms with van der Waals surface area (Å²) in [5.74, 6) is 0.0873. The molecule has 0 unspecified atom stereocenters. The lowest BCUT2D eigenvalue weighted by Gasteiger charge is -2.19. The first kappa shape index (κ1) is 20.0. The number of carbonyl (C=O) groups excluding carboxylic acids is 1. The summed E-state index contributed by atoms with van der Waals surface area (Å²) in [6.07, 6.45) is 1.82. The van der Waals surface area contributed by atoms with Gasteiger partial charge in [-0.15, -0.1) is 0 Å². The Labute approximate surface area is 161 Å². The number of rotatable bonds is 7. The van der Waals surface area contributed by atoms with E-state index in [1.165, 1.54) is 0 Å². The second-order valence-corrected chi connectivity index (χ2v) is 6.96. The highest BCUT2D eigenvalue weighted by Crippen LogP contribution is 2.24. The Balaban J connectivity index is 2.17. The first-order valence-corrected chi connectivity index (χ1v) is 9.05. The van der Waals surface area contributed by atoms with Crippen LogP contribution in [0.4, 0.5) is 11.4 Å². The molecule has 4 nitrogen and oxygen atoms in total. The lowest BCUT2D eigenvalue weighted by molar-refractivity contribution is 0.0999. The molecule has 0 aliphatic rings. The zero-order chi connectivity index (χ0) is 19.3. The van der Waals surface area contributed by atoms with E-state index in [-0.39, 0.29) is 5.78 Å². The summed E-state index contributed by atoms with van der Waals surface area (Å²) in [6.45, 7) is 7.22. The molecule has 138 valence electrons. The number of aliphatic imine (C=N–C) groups is 1. The van der Waals surface area contributed by atoms with Gasteiger partial charge in [-0.25, -0.2) is 4.99 Å². The van der Waals surface area contributed by atoms with Crippen LogP contribution in [0.1, 0.15) is 28.4 Å². The molecule has 0 aliphatic heterocycles. The van der Waals surface area contributed by atoms with Crippen LogP contribution in [0.25, 0.3) is 0 Å². The quantitative estimate of drug-likeness (QED) is 0.395. The molecule has 26 heavy (non-hydrogen) atoms. The molecule has 0 saturated carbocycles. The first-order valence-electron chi connectivity index (χ1n) is 8.67. The maximum absolute atomic E-state index is 12.8. The maximum atomic E-state index is 12.8. The lowest BCUT2D eigenvalue weighted by atomic mass is 10.00. The molecule has 0 heterocycles. The maximum Gasteiger partial charge on any atom is 0.182 e. The van der Waals surface area contributed by atoms with E-state index in [9.17, 15) is 4.79 Å². The molecule has 0 bridgehead atoms. The standard InChI is InChI=1S/C21H26ClN3O/c1-6-24(4)14-23-20-12-15(2)19(11-16(20)3)21(26)13-25(5)18-9-7-17(22)8-10-18/h7-12,14H,6,13H2,1-5H3. The summed E-state index contributed by atoms with van der Waals surface area (Å²) in [7, 11) is 3.89. The van der Waals surface area contributed by atoms with Gasteiger partial charge in [-0.1, -0.05) is 11.6 Å². The zero-order valence-corrected chi connectivity index (χ0v) is 16.8. The number of anilines is 1. The van der Waals surface area contributed by atoms with Gasteiger partial charge in [0.15, 0.2) is 5.78 Å². The number of likely N-dealkylation sites (N-methyl/N-ethyl adjacent to an activating group) is 1. The van der Waals surface area contributed by atoms with Gasteiger partial charge in [0.25, 0.3) is 0 Å². The van der Waals surface area contributed by atoms with Crippen molar-refractivity contribution in [3.8, 4) is 0 Å². The molecule has 0 amide bonds. The SMILES string of the molecule is CCN(C)C=Nc1cc(C)c(C(=O)CN(C)c2ccc(Cl)cc2)cc1C. The number of ketones is 1. The highest BCUT2D eigenvalue weighted by Gasteiger charge is 2.14. The van der Waals surface area contributed by atoms with Gasteiger partial charge in [-0.05, 0) is 68.3 Å². The molecule has 0 aromatic heterocycles. The Hall–Kier alpha value is -2.33. The minimum absolute atomic E-state index is 0.0873. The van der Waals surface area contributed by atoms with Crippen LogP contribution >= 0.6 is 11.6 Å². The van der Waals surface area contributed by atoms with Crippen molar-refractivity contribution in [2.75, 3.05) is 32.1 Å². The Morgan fingerprint density at radius 1 is 1.12 bits per heavy atom. The van der Waals surface area contributed by atoms with Gasteiger partial charge in [0, 0.05) is 36.9 Å². The van der Waals surface area contributed by atoms with Gasteiger partial charge < -0.3 is 9.80 Å². The lowest BCUT2D eigenvalue weighted by Crippen LogP contribution is -2.26. The number of aryl methyl sites for hydroxylation is 2. The number of hydrogen-bond donors (Lipinski definition) is 0. The van der Waals surface area contributed by atoms with Gasteiger partial charge >= 0.3 is 0 Å². The second kappa shape index (κ2) is 8.86. The van der Waals surface area contributed by atoms with Crippen LogP contribution in [0.15, 0.2) is 41.4 Å². The van der Waals surface area contributed by atoms with Crippen molar-refractivity contribution in [3.63, 3.8) is 0 Å². The van der Waals surface area contributed by atoms with Crippen molar-refractivity contribution in [2.45, 2.75) is 20.8 Å². The van der Waals surface area contributed by atoms with Crippen LogP contribution in [-0.4, -0.2) is 44.2 Å². The minimum atomic E-state index is 0.0873. The topological polar surface area (TPSA) is 35.9 Å². The van der Waals surface area contributed by atoms with Crippen LogP contribution in [0.2, 0.25) is 5.02 Å². The molecular formula is C21H26ClN3O. The molecule has 5 heteroatoms. The summed E-state index contributed by atoms with van der Waals surface area (Å²) >= 11 is 5.93. The van der Waals surface area contributed by atoms with E-state index in [4.69, 9.17) is 11.6 Å². The molecule has 0 N–H and O–H groups in total. The third-order valence-electron chi connectivity index (χ3n) is 4.38. The molecule has 0 fully saturated rings. The fourth-order valence-corrected chi connectivity index (χ4v) is 2.70. The van der Waals surface area contributed by atoms with Gasteiger partial charge in [-0.2, -0.15) is 0 Å². The predicted molar refractivity (Wildman–Crippen MR) is 111 cm³/mol. The Morgan fingerprint density at radius 3 is 2.38 bits per heavy atom. The number of Topliss-reactive ketones (excluding diaryl/α,β-unsaturated/α-hetero) is 1. The number of nitrogens with zero attached hydrogens (tertiary/aromatic N) is 3. The van der Waals surface area contributed by atoms with Crippen LogP contribution in [-0.2, 0) is 0 Å². The number of hydrogen-bond acceptors (Lipinski definition) is 3. The fourth-order valence-electron chi connectivity index (χ4n) is 2.57. The third-order valence-corrected chi connectivity index (χ3v) is 4.64. The molecule has 2 rings (SSSR count). The normalized spacial score (nSPS) is 11.0. The number of halogens is 1. The summed E-state index contributed by atoms with van der Waals surface area (Å²) < 4.78 is 0. The fraction of sp³-hybridized carbons (Fsp3) is 0.333. The van der Waals surface area contributed by atoms with E-state index < -0.39 is 0 Å². The summed E-state index contributed by atoms with van der Waals surface area (Å²) in [6, 6.07) is 11.4. The van der Waals surface area contributed by atoms with E-state index in [1.54, 1.807) is 0 Å². The second-order valence-electron chi connectivity index (χ2n) is 6.53.